The van der Waals surface area contributed by atoms with Crippen molar-refractivity contribution in [1.82, 2.24) is 10.5 Å². The summed E-state index contributed by atoms with van der Waals surface area (Å²) in [6.45, 7) is 5.14. The molecule has 0 radical (unpaired) electrons. The van der Waals surface area contributed by atoms with Gasteiger partial charge in [0.15, 0.2) is 11.5 Å². The summed E-state index contributed by atoms with van der Waals surface area (Å²) >= 11 is 0. The van der Waals surface area contributed by atoms with Crippen molar-refractivity contribution >= 4 is 23.3 Å². The van der Waals surface area contributed by atoms with Crippen LogP contribution in [0.4, 0.5) is 16.2 Å². The molecule has 9 heteroatoms. The lowest BCUT2D eigenvalue weighted by atomic mass is 10.1. The third-order valence-electron chi connectivity index (χ3n) is 5.25. The van der Waals surface area contributed by atoms with Crippen LogP contribution >= 0.6 is 0 Å². The summed E-state index contributed by atoms with van der Waals surface area (Å²) in [6.07, 6.45) is 0. The lowest BCUT2D eigenvalue weighted by molar-refractivity contribution is 0.102. The normalized spacial score (nSPS) is 13.1. The summed E-state index contributed by atoms with van der Waals surface area (Å²) < 4.78 is 16.4. The molecule has 32 heavy (non-hydrogen) atoms. The molecule has 1 fully saturated rings. The van der Waals surface area contributed by atoms with Gasteiger partial charge >= 0.3 is 6.03 Å². The maximum Gasteiger partial charge on any atom is 0.321 e. The summed E-state index contributed by atoms with van der Waals surface area (Å²) in [7, 11) is 1.52. The first kappa shape index (κ1) is 21.2. The molecule has 2 aromatic carbocycles. The summed E-state index contributed by atoms with van der Waals surface area (Å²) in [5.41, 5.74) is 3.37. The SMILES string of the molecule is COc1cc(C(=O)Nc2cccc(N3CCNC3=O)c2)ccc1OCc1c(C)noc1C. The van der Waals surface area contributed by atoms with E-state index >= 15 is 0 Å². The number of aromatic nitrogens is 1. The number of nitrogens with one attached hydrogen (secondary N) is 2. The van der Waals surface area contributed by atoms with Gasteiger partial charge in [0.05, 0.1) is 18.4 Å². The van der Waals surface area contributed by atoms with Crippen molar-refractivity contribution in [3.8, 4) is 11.5 Å². The van der Waals surface area contributed by atoms with Crippen LogP contribution in [0, 0.1) is 13.8 Å². The van der Waals surface area contributed by atoms with E-state index in [1.807, 2.05) is 19.9 Å². The highest BCUT2D eigenvalue weighted by Gasteiger charge is 2.21. The highest BCUT2D eigenvalue weighted by Crippen LogP contribution is 2.30. The van der Waals surface area contributed by atoms with Crippen molar-refractivity contribution in [2.24, 2.45) is 0 Å². The Balaban J connectivity index is 1.46. The van der Waals surface area contributed by atoms with Crippen LogP contribution < -0.4 is 25.0 Å². The highest BCUT2D eigenvalue weighted by molar-refractivity contribution is 6.05. The Morgan fingerprint density at radius 2 is 2.06 bits per heavy atom. The molecule has 0 unspecified atom stereocenters. The largest absolute Gasteiger partial charge is 0.493 e. The van der Waals surface area contributed by atoms with Crippen LogP contribution in [0.1, 0.15) is 27.4 Å². The second-order valence-corrected chi connectivity index (χ2v) is 7.35. The van der Waals surface area contributed by atoms with Crippen molar-refractivity contribution < 1.29 is 23.6 Å². The van der Waals surface area contributed by atoms with Crippen LogP contribution in [0.15, 0.2) is 47.0 Å². The Hall–Kier alpha value is -4.01. The van der Waals surface area contributed by atoms with E-state index in [9.17, 15) is 9.59 Å². The standard InChI is InChI=1S/C23H24N4O5/c1-14-19(15(2)32-26-14)13-31-20-8-7-16(11-21(20)30-3)22(28)25-17-5-4-6-18(12-17)27-10-9-24-23(27)29/h4-8,11-12H,9-10,13H2,1-3H3,(H,24,29)(H,25,28). The number of rotatable bonds is 7. The fraction of sp³-hybridized carbons (Fsp3) is 0.261. The van der Waals surface area contributed by atoms with Gasteiger partial charge in [0, 0.05) is 30.0 Å². The van der Waals surface area contributed by atoms with E-state index in [-0.39, 0.29) is 18.5 Å². The monoisotopic (exact) mass is 436 g/mol. The molecule has 4 rings (SSSR count). The quantitative estimate of drug-likeness (QED) is 0.586. The van der Waals surface area contributed by atoms with Crippen LogP contribution in [0.3, 0.4) is 0 Å². The fourth-order valence-electron chi connectivity index (χ4n) is 3.46. The molecule has 1 aliphatic rings. The average Bonchev–Trinajstić information content (AvgIpc) is 3.37. The lowest BCUT2D eigenvalue weighted by Crippen LogP contribution is -2.27. The maximum atomic E-state index is 12.8. The van der Waals surface area contributed by atoms with Gasteiger partial charge in [0.2, 0.25) is 0 Å². The summed E-state index contributed by atoms with van der Waals surface area (Å²) in [4.78, 5) is 26.3. The Kier molecular flexibility index (Phi) is 5.98. The maximum absolute atomic E-state index is 12.8. The number of anilines is 2. The van der Waals surface area contributed by atoms with Gasteiger partial charge in [0.25, 0.3) is 5.91 Å². The number of methoxy groups -OCH3 is 1. The molecule has 3 aromatic rings. The highest BCUT2D eigenvalue weighted by atomic mass is 16.5. The average molecular weight is 436 g/mol. The zero-order valence-corrected chi connectivity index (χ0v) is 18.1. The number of nitrogens with zero attached hydrogens (tertiary/aromatic N) is 2. The zero-order chi connectivity index (χ0) is 22.7. The van der Waals surface area contributed by atoms with Crippen molar-refractivity contribution in [2.75, 3.05) is 30.4 Å². The fourth-order valence-corrected chi connectivity index (χ4v) is 3.46. The molecular formula is C23H24N4O5. The van der Waals surface area contributed by atoms with Crippen LogP contribution in [-0.2, 0) is 6.61 Å². The molecule has 1 aliphatic heterocycles. The number of benzene rings is 2. The van der Waals surface area contributed by atoms with Gasteiger partial charge in [-0.1, -0.05) is 11.2 Å². The Morgan fingerprint density at radius 3 is 2.75 bits per heavy atom. The van der Waals surface area contributed by atoms with Crippen LogP contribution in [0.5, 0.6) is 11.5 Å². The minimum absolute atomic E-state index is 0.148. The predicted octanol–water partition coefficient (Wildman–Crippen LogP) is 3.66. The number of carbonyl (C=O) groups excluding carboxylic acids is 2. The molecule has 0 bridgehead atoms. The van der Waals surface area contributed by atoms with E-state index < -0.39 is 0 Å². The first-order chi connectivity index (χ1) is 15.5. The first-order valence-electron chi connectivity index (χ1n) is 10.2. The van der Waals surface area contributed by atoms with Crippen LogP contribution in [-0.4, -0.2) is 37.3 Å². The Bertz CT molecular complexity index is 1140. The molecule has 0 spiro atoms. The number of amides is 3. The number of hydrogen-bond acceptors (Lipinski definition) is 6. The molecule has 166 valence electrons. The smallest absolute Gasteiger partial charge is 0.321 e. The van der Waals surface area contributed by atoms with E-state index in [4.69, 9.17) is 14.0 Å². The third-order valence-corrected chi connectivity index (χ3v) is 5.25. The van der Waals surface area contributed by atoms with Gasteiger partial charge in [0.1, 0.15) is 12.4 Å². The third kappa shape index (κ3) is 4.36. The van der Waals surface area contributed by atoms with E-state index in [2.05, 4.69) is 15.8 Å². The van der Waals surface area contributed by atoms with Crippen LogP contribution in [0.2, 0.25) is 0 Å². The molecular weight excluding hydrogens is 412 g/mol. The second kappa shape index (κ2) is 9.01. The molecule has 1 saturated heterocycles. The van der Waals surface area contributed by atoms with Crippen molar-refractivity contribution in [3.05, 3.63) is 65.0 Å². The Morgan fingerprint density at radius 1 is 1.22 bits per heavy atom. The number of aryl methyl sites for hydroxylation is 2. The van der Waals surface area contributed by atoms with Gasteiger partial charge in [-0.05, 0) is 50.2 Å². The van der Waals surface area contributed by atoms with Crippen molar-refractivity contribution in [2.45, 2.75) is 20.5 Å². The van der Waals surface area contributed by atoms with Crippen molar-refractivity contribution in [1.29, 1.82) is 0 Å². The summed E-state index contributed by atoms with van der Waals surface area (Å²) in [6, 6.07) is 12.0. The minimum atomic E-state index is -0.302. The van der Waals surface area contributed by atoms with Gasteiger partial charge in [-0.15, -0.1) is 0 Å². The molecule has 3 amide bonds. The number of hydrogen-bond donors (Lipinski definition) is 2. The molecule has 0 saturated carbocycles. The molecule has 0 aliphatic carbocycles. The van der Waals surface area contributed by atoms with Gasteiger partial charge in [-0.25, -0.2) is 4.79 Å². The molecule has 2 heterocycles. The molecule has 1 aromatic heterocycles. The van der Waals surface area contributed by atoms with E-state index in [1.54, 1.807) is 41.3 Å². The van der Waals surface area contributed by atoms with Crippen LogP contribution in [0.25, 0.3) is 0 Å². The van der Waals surface area contributed by atoms with E-state index in [0.29, 0.717) is 41.6 Å². The topological polar surface area (TPSA) is 106 Å². The number of urea groups is 1. The second-order valence-electron chi connectivity index (χ2n) is 7.35. The van der Waals surface area contributed by atoms with Gasteiger partial charge < -0.3 is 24.6 Å². The Labute approximate surface area is 185 Å². The summed E-state index contributed by atoms with van der Waals surface area (Å²) in [5.74, 6) is 1.34. The molecule has 9 nitrogen and oxygen atoms in total. The van der Waals surface area contributed by atoms with Crippen molar-refractivity contribution in [3.63, 3.8) is 0 Å². The minimum Gasteiger partial charge on any atom is -0.493 e. The summed E-state index contributed by atoms with van der Waals surface area (Å²) in [5, 5.41) is 9.54. The lowest BCUT2D eigenvalue weighted by Gasteiger charge is -2.16. The van der Waals surface area contributed by atoms with Gasteiger partial charge in [-0.2, -0.15) is 0 Å². The van der Waals surface area contributed by atoms with E-state index in [0.717, 1.165) is 16.9 Å². The number of ether oxygens (including phenoxy) is 2. The zero-order valence-electron chi connectivity index (χ0n) is 18.1. The first-order valence-corrected chi connectivity index (χ1v) is 10.2. The van der Waals surface area contributed by atoms with Gasteiger partial charge in [-0.3, -0.25) is 9.69 Å². The van der Waals surface area contributed by atoms with E-state index in [1.165, 1.54) is 7.11 Å². The predicted molar refractivity (Wildman–Crippen MR) is 118 cm³/mol. The molecule has 0 atom stereocenters. The number of carbonyl (C=O) groups is 2. The molecule has 2 N–H and O–H groups in total.